The smallest absolute Gasteiger partial charge is 0.254 e. The number of carbonyl (C=O) groups excluding carboxylic acids is 2. The topological polar surface area (TPSA) is 76.3 Å². The lowest BCUT2D eigenvalue weighted by Gasteiger charge is -2.31. The van der Waals surface area contributed by atoms with Gasteiger partial charge in [0, 0.05) is 37.3 Å². The van der Waals surface area contributed by atoms with Gasteiger partial charge < -0.3 is 10.6 Å². The van der Waals surface area contributed by atoms with Crippen molar-refractivity contribution >= 4 is 11.8 Å². The standard InChI is InChI=1S/C13H16FN3O2/c14-11-8-10(1-4-16-11)13(19)17-5-2-9(3-6-17)7-12(15)18/h1,4,8-9H,2-3,5-7H2,(H2,15,18). The molecular formula is C13H16FN3O2. The number of carbonyl (C=O) groups is 2. The fourth-order valence-electron chi connectivity index (χ4n) is 2.34. The van der Waals surface area contributed by atoms with Crippen LogP contribution in [0.4, 0.5) is 4.39 Å². The van der Waals surface area contributed by atoms with E-state index in [9.17, 15) is 14.0 Å². The lowest BCUT2D eigenvalue weighted by atomic mass is 9.93. The number of amides is 2. The molecule has 0 unspecified atom stereocenters. The number of rotatable bonds is 3. The number of nitrogens with zero attached hydrogens (tertiary/aromatic N) is 2. The molecule has 2 N–H and O–H groups in total. The van der Waals surface area contributed by atoms with E-state index >= 15 is 0 Å². The third kappa shape index (κ3) is 3.49. The minimum absolute atomic E-state index is 0.196. The maximum Gasteiger partial charge on any atom is 0.254 e. The summed E-state index contributed by atoms with van der Waals surface area (Å²) in [5, 5.41) is 0. The molecule has 0 atom stereocenters. The summed E-state index contributed by atoms with van der Waals surface area (Å²) < 4.78 is 13.0. The van der Waals surface area contributed by atoms with Crippen LogP contribution in [0.25, 0.3) is 0 Å². The van der Waals surface area contributed by atoms with Crippen molar-refractivity contribution in [1.29, 1.82) is 0 Å². The molecule has 0 spiro atoms. The molecule has 2 heterocycles. The van der Waals surface area contributed by atoms with Crippen LogP contribution < -0.4 is 5.73 Å². The molecule has 2 amide bonds. The van der Waals surface area contributed by atoms with Crippen LogP contribution >= 0.6 is 0 Å². The molecule has 1 saturated heterocycles. The van der Waals surface area contributed by atoms with Gasteiger partial charge in [-0.05, 0) is 24.8 Å². The molecule has 0 bridgehead atoms. The maximum absolute atomic E-state index is 13.0. The van der Waals surface area contributed by atoms with Crippen LogP contribution in [0.1, 0.15) is 29.6 Å². The first kappa shape index (κ1) is 13.5. The Hall–Kier alpha value is -1.98. The van der Waals surface area contributed by atoms with E-state index in [0.29, 0.717) is 25.1 Å². The van der Waals surface area contributed by atoms with Gasteiger partial charge in [-0.15, -0.1) is 0 Å². The van der Waals surface area contributed by atoms with Gasteiger partial charge in [-0.1, -0.05) is 0 Å². The zero-order valence-electron chi connectivity index (χ0n) is 10.5. The highest BCUT2D eigenvalue weighted by Crippen LogP contribution is 2.21. The van der Waals surface area contributed by atoms with Crippen LogP contribution in [0, 0.1) is 11.9 Å². The van der Waals surface area contributed by atoms with Crippen LogP contribution in [0.5, 0.6) is 0 Å². The Kier molecular flexibility index (Phi) is 4.09. The summed E-state index contributed by atoms with van der Waals surface area (Å²) in [5.74, 6) is -0.912. The van der Waals surface area contributed by atoms with E-state index in [2.05, 4.69) is 4.98 Å². The fourth-order valence-corrected chi connectivity index (χ4v) is 2.34. The van der Waals surface area contributed by atoms with Crippen molar-refractivity contribution in [2.75, 3.05) is 13.1 Å². The predicted octanol–water partition coefficient (Wildman–Crippen LogP) is 0.948. The first-order valence-corrected chi connectivity index (χ1v) is 6.25. The predicted molar refractivity (Wildman–Crippen MR) is 66.6 cm³/mol. The molecule has 0 aromatic carbocycles. The molecule has 102 valence electrons. The normalized spacial score (nSPS) is 16.4. The highest BCUT2D eigenvalue weighted by Gasteiger charge is 2.24. The summed E-state index contributed by atoms with van der Waals surface area (Å²) in [6.07, 6.45) is 3.15. The van der Waals surface area contributed by atoms with Crippen LogP contribution in [-0.2, 0) is 4.79 Å². The van der Waals surface area contributed by atoms with Crippen molar-refractivity contribution in [3.8, 4) is 0 Å². The SMILES string of the molecule is NC(=O)CC1CCN(C(=O)c2ccnc(F)c2)CC1. The van der Waals surface area contributed by atoms with Gasteiger partial charge in [-0.3, -0.25) is 9.59 Å². The first-order valence-electron chi connectivity index (χ1n) is 6.25. The van der Waals surface area contributed by atoms with Crippen LogP contribution in [0.2, 0.25) is 0 Å². The van der Waals surface area contributed by atoms with Gasteiger partial charge in [0.15, 0.2) is 0 Å². The number of hydrogen-bond donors (Lipinski definition) is 1. The summed E-state index contributed by atoms with van der Waals surface area (Å²) in [4.78, 5) is 28.1. The van der Waals surface area contributed by atoms with Gasteiger partial charge in [0.1, 0.15) is 0 Å². The molecular weight excluding hydrogens is 249 g/mol. The monoisotopic (exact) mass is 265 g/mol. The number of aromatic nitrogens is 1. The van der Waals surface area contributed by atoms with Crippen molar-refractivity contribution in [2.24, 2.45) is 11.7 Å². The van der Waals surface area contributed by atoms with Gasteiger partial charge in [0.05, 0.1) is 0 Å². The summed E-state index contributed by atoms with van der Waals surface area (Å²) in [6, 6.07) is 2.64. The first-order chi connectivity index (χ1) is 9.06. The highest BCUT2D eigenvalue weighted by atomic mass is 19.1. The van der Waals surface area contributed by atoms with Crippen molar-refractivity contribution in [3.05, 3.63) is 29.8 Å². The largest absolute Gasteiger partial charge is 0.370 e. The summed E-state index contributed by atoms with van der Waals surface area (Å²) in [6.45, 7) is 1.14. The van der Waals surface area contributed by atoms with E-state index in [1.54, 1.807) is 4.90 Å². The fraction of sp³-hybridized carbons (Fsp3) is 0.462. The van der Waals surface area contributed by atoms with Crippen LogP contribution in [0.15, 0.2) is 18.3 Å². The number of piperidine rings is 1. The second kappa shape index (κ2) is 5.77. The minimum atomic E-state index is -0.658. The van der Waals surface area contributed by atoms with Crippen LogP contribution in [-0.4, -0.2) is 34.8 Å². The molecule has 1 aromatic rings. The van der Waals surface area contributed by atoms with Crippen molar-refractivity contribution < 1.29 is 14.0 Å². The van der Waals surface area contributed by atoms with E-state index in [4.69, 9.17) is 5.73 Å². The third-order valence-corrected chi connectivity index (χ3v) is 3.37. The summed E-state index contributed by atoms with van der Waals surface area (Å²) in [5.41, 5.74) is 5.46. The van der Waals surface area contributed by atoms with Gasteiger partial charge >= 0.3 is 0 Å². The molecule has 5 nitrogen and oxygen atoms in total. The zero-order valence-corrected chi connectivity index (χ0v) is 10.5. The average Bonchev–Trinajstić information content (AvgIpc) is 2.38. The molecule has 1 fully saturated rings. The summed E-state index contributed by atoms with van der Waals surface area (Å²) in [7, 11) is 0. The Labute approximate surface area is 110 Å². The van der Waals surface area contributed by atoms with E-state index in [-0.39, 0.29) is 17.7 Å². The number of hydrogen-bond acceptors (Lipinski definition) is 3. The van der Waals surface area contributed by atoms with Gasteiger partial charge in [-0.25, -0.2) is 4.98 Å². The molecule has 0 aliphatic carbocycles. The molecule has 0 saturated carbocycles. The zero-order chi connectivity index (χ0) is 13.8. The molecule has 19 heavy (non-hydrogen) atoms. The minimum Gasteiger partial charge on any atom is -0.370 e. The third-order valence-electron chi connectivity index (χ3n) is 3.37. The number of halogens is 1. The van der Waals surface area contributed by atoms with Crippen molar-refractivity contribution in [2.45, 2.75) is 19.3 Å². The Morgan fingerprint density at radius 2 is 2.11 bits per heavy atom. The molecule has 1 aliphatic heterocycles. The second-order valence-electron chi connectivity index (χ2n) is 4.77. The Morgan fingerprint density at radius 1 is 1.42 bits per heavy atom. The number of nitrogens with two attached hydrogens (primary N) is 1. The molecule has 1 aliphatic rings. The van der Waals surface area contributed by atoms with Gasteiger partial charge in [-0.2, -0.15) is 4.39 Å². The lowest BCUT2D eigenvalue weighted by molar-refractivity contribution is -0.119. The molecule has 0 radical (unpaired) electrons. The van der Waals surface area contributed by atoms with E-state index in [1.165, 1.54) is 12.3 Å². The number of likely N-dealkylation sites (tertiary alicyclic amines) is 1. The van der Waals surface area contributed by atoms with Crippen LogP contribution in [0.3, 0.4) is 0 Å². The second-order valence-corrected chi connectivity index (χ2v) is 4.77. The summed E-state index contributed by atoms with van der Waals surface area (Å²) >= 11 is 0. The molecule has 1 aromatic heterocycles. The van der Waals surface area contributed by atoms with E-state index in [0.717, 1.165) is 18.9 Å². The quantitative estimate of drug-likeness (QED) is 0.827. The van der Waals surface area contributed by atoms with Gasteiger partial charge in [0.2, 0.25) is 11.9 Å². The maximum atomic E-state index is 13.0. The number of pyridine rings is 1. The van der Waals surface area contributed by atoms with E-state index in [1.807, 2.05) is 0 Å². The molecule has 2 rings (SSSR count). The van der Waals surface area contributed by atoms with E-state index < -0.39 is 5.95 Å². The molecule has 6 heteroatoms. The average molecular weight is 265 g/mol. The van der Waals surface area contributed by atoms with Crippen molar-refractivity contribution in [3.63, 3.8) is 0 Å². The van der Waals surface area contributed by atoms with Gasteiger partial charge in [0.25, 0.3) is 5.91 Å². The lowest BCUT2D eigenvalue weighted by Crippen LogP contribution is -2.39. The van der Waals surface area contributed by atoms with Crippen molar-refractivity contribution in [1.82, 2.24) is 9.88 Å². The number of primary amides is 1. The highest BCUT2D eigenvalue weighted by molar-refractivity contribution is 5.94. The Morgan fingerprint density at radius 3 is 2.68 bits per heavy atom. The Bertz CT molecular complexity index is 485. The Balaban J connectivity index is 1.94.